The Labute approximate surface area is 199 Å². The number of aromatic nitrogens is 2. The van der Waals surface area contributed by atoms with E-state index in [4.69, 9.17) is 9.47 Å². The van der Waals surface area contributed by atoms with E-state index in [1.165, 1.54) is 11.3 Å². The molecule has 2 aromatic carbocycles. The van der Waals surface area contributed by atoms with E-state index in [1.807, 2.05) is 60.8 Å². The van der Waals surface area contributed by atoms with Gasteiger partial charge in [0.2, 0.25) is 0 Å². The molecule has 4 aromatic rings. The first kappa shape index (κ1) is 21.9. The summed E-state index contributed by atoms with van der Waals surface area (Å²) in [6, 6.07) is 14.6. The number of carbonyl (C=O) groups is 1. The molecule has 0 radical (unpaired) electrons. The fraction of sp³-hybridized carbons (Fsp3) is 0.192. The quantitative estimate of drug-likeness (QED) is 0.451. The van der Waals surface area contributed by atoms with Crippen molar-refractivity contribution in [3.63, 3.8) is 0 Å². The van der Waals surface area contributed by atoms with Crippen LogP contribution >= 0.6 is 11.3 Å². The first-order chi connectivity index (χ1) is 16.5. The van der Waals surface area contributed by atoms with Crippen molar-refractivity contribution in [3.05, 3.63) is 96.8 Å². The van der Waals surface area contributed by atoms with Crippen LogP contribution in [0.3, 0.4) is 0 Å². The zero-order chi connectivity index (χ0) is 23.8. The number of benzene rings is 2. The second-order valence-electron chi connectivity index (χ2n) is 7.87. The number of methoxy groups -OCH3 is 1. The molecule has 5 rings (SSSR count). The van der Waals surface area contributed by atoms with Crippen molar-refractivity contribution in [1.29, 1.82) is 0 Å². The highest BCUT2D eigenvalue weighted by molar-refractivity contribution is 7.07. The maximum absolute atomic E-state index is 13.7. The number of thiazole rings is 1. The van der Waals surface area contributed by atoms with E-state index < -0.39 is 12.0 Å². The number of carbonyl (C=O) groups excluding carboxylic acids is 1. The van der Waals surface area contributed by atoms with Crippen LogP contribution in [0, 0.1) is 0 Å². The van der Waals surface area contributed by atoms with Gasteiger partial charge in [-0.05, 0) is 43.7 Å². The number of esters is 1. The van der Waals surface area contributed by atoms with Crippen LogP contribution in [0.5, 0.6) is 5.75 Å². The fourth-order valence-electron chi connectivity index (χ4n) is 4.25. The minimum absolute atomic E-state index is 0.204. The topological polar surface area (TPSA) is 85.7 Å². The molecule has 34 heavy (non-hydrogen) atoms. The lowest BCUT2D eigenvalue weighted by atomic mass is 9.96. The summed E-state index contributed by atoms with van der Waals surface area (Å²) >= 11 is 1.31. The second kappa shape index (κ2) is 8.79. The number of para-hydroxylation sites is 1. The lowest BCUT2D eigenvalue weighted by molar-refractivity contribution is -0.139. The summed E-state index contributed by atoms with van der Waals surface area (Å²) in [6.45, 7) is 3.77. The molecule has 0 saturated carbocycles. The Kier molecular flexibility index (Phi) is 5.67. The molecule has 1 atom stereocenters. The first-order valence-electron chi connectivity index (χ1n) is 10.9. The van der Waals surface area contributed by atoms with Gasteiger partial charge in [0.1, 0.15) is 5.75 Å². The Bertz CT molecular complexity index is 1610. The average molecular weight is 474 g/mol. The van der Waals surface area contributed by atoms with E-state index in [-0.39, 0.29) is 12.2 Å². The Morgan fingerprint density at radius 1 is 1.21 bits per heavy atom. The van der Waals surface area contributed by atoms with E-state index >= 15 is 0 Å². The van der Waals surface area contributed by atoms with Crippen molar-refractivity contribution < 1.29 is 14.3 Å². The molecule has 0 spiro atoms. The van der Waals surface area contributed by atoms with Gasteiger partial charge in [0.05, 0.1) is 35.6 Å². The lowest BCUT2D eigenvalue weighted by Crippen LogP contribution is -2.39. The third kappa shape index (κ3) is 3.66. The predicted molar refractivity (Wildman–Crippen MR) is 132 cm³/mol. The monoisotopic (exact) mass is 473 g/mol. The number of nitrogens with zero attached hydrogens (tertiary/aromatic N) is 2. The van der Waals surface area contributed by atoms with E-state index in [9.17, 15) is 9.59 Å². The van der Waals surface area contributed by atoms with Crippen molar-refractivity contribution in [2.24, 2.45) is 4.99 Å². The summed E-state index contributed by atoms with van der Waals surface area (Å²) in [5.41, 5.74) is 3.39. The molecular formula is C26H23N3O4S. The number of H-pyrrole nitrogens is 1. The molecule has 3 heterocycles. The molecule has 2 aromatic heterocycles. The van der Waals surface area contributed by atoms with Crippen LogP contribution in [-0.4, -0.2) is 29.2 Å². The van der Waals surface area contributed by atoms with Gasteiger partial charge in [-0.3, -0.25) is 9.36 Å². The highest BCUT2D eigenvalue weighted by Crippen LogP contribution is 2.31. The zero-order valence-electron chi connectivity index (χ0n) is 19.0. The van der Waals surface area contributed by atoms with Gasteiger partial charge in [0, 0.05) is 22.7 Å². The number of nitrogens with one attached hydrogen (secondary N) is 1. The molecule has 0 bridgehead atoms. The molecule has 8 heteroatoms. The standard InChI is InChI=1S/C26H23N3O4S/c1-4-33-25(31)22-15(2)28-26-29(23(22)16-9-11-18(32-3)12-10-16)24(30)21(34-26)13-17-14-27-20-8-6-5-7-19(17)20/h5-14,23,27H,4H2,1-3H3/t23-/m0/s1. The van der Waals surface area contributed by atoms with Gasteiger partial charge in [0.25, 0.3) is 5.56 Å². The lowest BCUT2D eigenvalue weighted by Gasteiger charge is -2.24. The van der Waals surface area contributed by atoms with Crippen LogP contribution in [0.25, 0.3) is 17.0 Å². The Morgan fingerprint density at radius 2 is 1.97 bits per heavy atom. The minimum Gasteiger partial charge on any atom is -0.497 e. The van der Waals surface area contributed by atoms with Gasteiger partial charge < -0.3 is 14.5 Å². The van der Waals surface area contributed by atoms with Gasteiger partial charge in [-0.25, -0.2) is 9.79 Å². The number of aromatic amines is 1. The van der Waals surface area contributed by atoms with E-state index in [0.29, 0.717) is 26.4 Å². The molecule has 1 N–H and O–H groups in total. The maximum atomic E-state index is 13.7. The van der Waals surface area contributed by atoms with Crippen molar-refractivity contribution in [3.8, 4) is 5.75 Å². The van der Waals surface area contributed by atoms with Gasteiger partial charge in [-0.1, -0.05) is 41.7 Å². The number of fused-ring (bicyclic) bond motifs is 2. The number of ether oxygens (including phenoxy) is 2. The van der Waals surface area contributed by atoms with Crippen molar-refractivity contribution in [2.45, 2.75) is 19.9 Å². The highest BCUT2D eigenvalue weighted by atomic mass is 32.1. The molecule has 172 valence electrons. The minimum atomic E-state index is -0.647. The Balaban J connectivity index is 1.73. The zero-order valence-corrected chi connectivity index (χ0v) is 19.8. The van der Waals surface area contributed by atoms with Crippen molar-refractivity contribution >= 4 is 34.3 Å². The number of allylic oxidation sites excluding steroid dienone is 1. The molecular weight excluding hydrogens is 450 g/mol. The summed E-state index contributed by atoms with van der Waals surface area (Å²) in [6.07, 6.45) is 3.76. The van der Waals surface area contributed by atoms with Crippen molar-refractivity contribution in [1.82, 2.24) is 9.55 Å². The highest BCUT2D eigenvalue weighted by Gasteiger charge is 2.33. The van der Waals surface area contributed by atoms with Crippen LogP contribution in [-0.2, 0) is 9.53 Å². The van der Waals surface area contributed by atoms with E-state index in [1.54, 1.807) is 25.5 Å². The molecule has 0 fully saturated rings. The van der Waals surface area contributed by atoms with Crippen LogP contribution in [0.4, 0.5) is 0 Å². The largest absolute Gasteiger partial charge is 0.497 e. The molecule has 0 aliphatic carbocycles. The van der Waals surface area contributed by atoms with Gasteiger partial charge in [-0.2, -0.15) is 0 Å². The molecule has 7 nitrogen and oxygen atoms in total. The molecule has 0 saturated heterocycles. The van der Waals surface area contributed by atoms with Crippen LogP contribution < -0.4 is 19.6 Å². The number of hydrogen-bond donors (Lipinski definition) is 1. The SMILES string of the molecule is CCOC(=O)C1=C(C)N=c2sc(=Cc3c[nH]c4ccccc34)c(=O)n2[C@H]1c1ccc(OC)cc1. The molecule has 0 amide bonds. The van der Waals surface area contributed by atoms with E-state index in [0.717, 1.165) is 22.0 Å². The van der Waals surface area contributed by atoms with Crippen LogP contribution in [0.1, 0.15) is 31.0 Å². The van der Waals surface area contributed by atoms with Gasteiger partial charge >= 0.3 is 5.97 Å². The number of rotatable bonds is 5. The smallest absolute Gasteiger partial charge is 0.338 e. The van der Waals surface area contributed by atoms with Crippen LogP contribution in [0.2, 0.25) is 0 Å². The summed E-state index contributed by atoms with van der Waals surface area (Å²) in [4.78, 5) is 35.0. The predicted octanol–water partition coefficient (Wildman–Crippen LogP) is 3.29. The maximum Gasteiger partial charge on any atom is 0.338 e. The normalized spacial score (nSPS) is 15.9. The molecule has 0 unspecified atom stereocenters. The fourth-order valence-corrected chi connectivity index (χ4v) is 5.29. The average Bonchev–Trinajstić information content (AvgIpc) is 3.39. The molecule has 1 aliphatic heterocycles. The van der Waals surface area contributed by atoms with Gasteiger partial charge in [0.15, 0.2) is 4.80 Å². The first-order valence-corrected chi connectivity index (χ1v) is 11.7. The summed E-state index contributed by atoms with van der Waals surface area (Å²) < 4.78 is 12.8. The number of hydrogen-bond acceptors (Lipinski definition) is 6. The van der Waals surface area contributed by atoms with E-state index in [2.05, 4.69) is 9.98 Å². The van der Waals surface area contributed by atoms with Crippen molar-refractivity contribution in [2.75, 3.05) is 13.7 Å². The van der Waals surface area contributed by atoms with Gasteiger partial charge in [-0.15, -0.1) is 0 Å². The second-order valence-corrected chi connectivity index (χ2v) is 8.87. The summed E-state index contributed by atoms with van der Waals surface area (Å²) in [7, 11) is 1.59. The Morgan fingerprint density at radius 3 is 2.71 bits per heavy atom. The summed E-state index contributed by atoms with van der Waals surface area (Å²) in [5.74, 6) is 0.212. The molecule has 1 aliphatic rings. The van der Waals surface area contributed by atoms with Crippen LogP contribution in [0.15, 0.2) is 75.8 Å². The summed E-state index contributed by atoms with van der Waals surface area (Å²) in [5, 5.41) is 1.03. The third-order valence-electron chi connectivity index (χ3n) is 5.86. The third-order valence-corrected chi connectivity index (χ3v) is 6.84. The Hall–Kier alpha value is -3.91.